The summed E-state index contributed by atoms with van der Waals surface area (Å²) in [7, 11) is 0. The summed E-state index contributed by atoms with van der Waals surface area (Å²) in [5, 5.41) is 3.48. The van der Waals surface area contributed by atoms with E-state index < -0.39 is 0 Å². The van der Waals surface area contributed by atoms with Crippen molar-refractivity contribution in [1.82, 2.24) is 5.16 Å². The Balaban J connectivity index is 2.53. The smallest absolute Gasteiger partial charge is 0.282 e. The van der Waals surface area contributed by atoms with Crippen molar-refractivity contribution in [3.63, 3.8) is 0 Å². The Morgan fingerprint density at radius 1 is 1.67 bits per heavy atom. The predicted octanol–water partition coefficient (Wildman–Crippen LogP) is -1.00. The summed E-state index contributed by atoms with van der Waals surface area (Å²) in [4.78, 5) is 10.6. The number of aromatic nitrogens is 1. The fourth-order valence-electron chi connectivity index (χ4n) is 0.787. The third-order valence-electron chi connectivity index (χ3n) is 1.40. The molecule has 12 heavy (non-hydrogen) atoms. The van der Waals surface area contributed by atoms with Crippen LogP contribution in [0.3, 0.4) is 0 Å². The number of H-pyrrole nitrogens is 1. The maximum absolute atomic E-state index is 10.6. The van der Waals surface area contributed by atoms with Gasteiger partial charge in [-0.05, 0) is 13.0 Å². The largest absolute Gasteiger partial charge is 0.359 e. The number of hydrogen-bond acceptors (Lipinski definition) is 5. The van der Waals surface area contributed by atoms with Gasteiger partial charge in [0.05, 0.1) is 6.07 Å². The Kier molecular flexibility index (Phi) is 2.89. The number of hydrogen-bond donors (Lipinski definition) is 3. The van der Waals surface area contributed by atoms with Crippen molar-refractivity contribution in [3.8, 4) is 0 Å². The Morgan fingerprint density at radius 2 is 2.42 bits per heavy atom. The molecule has 0 aliphatic heterocycles. The van der Waals surface area contributed by atoms with E-state index in [1.165, 1.54) is 11.1 Å². The Bertz CT molecular complexity index is 279. The summed E-state index contributed by atoms with van der Waals surface area (Å²) in [6, 6.07) is 1.29. The van der Waals surface area contributed by atoms with Crippen LogP contribution in [0.4, 0.5) is 5.88 Å². The van der Waals surface area contributed by atoms with Crippen LogP contribution in [0.15, 0.2) is 15.4 Å². The SMILES string of the molecule is NCCCN(N)c1cc(=O)[nH]o1. The lowest BCUT2D eigenvalue weighted by Crippen LogP contribution is -2.32. The van der Waals surface area contributed by atoms with E-state index in [0.717, 1.165) is 6.42 Å². The molecule has 0 aliphatic rings. The minimum atomic E-state index is -0.298. The van der Waals surface area contributed by atoms with Crippen LogP contribution in [0.2, 0.25) is 0 Å². The maximum Gasteiger partial charge on any atom is 0.282 e. The molecule has 1 aromatic heterocycles. The van der Waals surface area contributed by atoms with Crippen molar-refractivity contribution >= 4 is 5.88 Å². The molecule has 6 nitrogen and oxygen atoms in total. The molecule has 5 N–H and O–H groups in total. The highest BCUT2D eigenvalue weighted by atomic mass is 16.5. The third-order valence-corrected chi connectivity index (χ3v) is 1.40. The molecule has 0 aliphatic carbocycles. The lowest BCUT2D eigenvalue weighted by atomic mass is 10.4. The molecule has 0 bridgehead atoms. The zero-order chi connectivity index (χ0) is 8.97. The summed E-state index contributed by atoms with van der Waals surface area (Å²) in [5.41, 5.74) is 4.98. The van der Waals surface area contributed by atoms with Crippen molar-refractivity contribution in [2.75, 3.05) is 18.1 Å². The first-order valence-electron chi connectivity index (χ1n) is 3.65. The minimum absolute atomic E-state index is 0.298. The number of anilines is 1. The second-order valence-corrected chi connectivity index (χ2v) is 2.39. The molecule has 0 aromatic carbocycles. The molecule has 1 heterocycles. The first kappa shape index (κ1) is 8.82. The van der Waals surface area contributed by atoms with Crippen LogP contribution in [0, 0.1) is 0 Å². The molecular formula is C6H12N4O2. The van der Waals surface area contributed by atoms with Crippen LogP contribution in [0.25, 0.3) is 0 Å². The van der Waals surface area contributed by atoms with Gasteiger partial charge in [-0.2, -0.15) is 5.16 Å². The van der Waals surface area contributed by atoms with Crippen LogP contribution in [-0.2, 0) is 0 Å². The second kappa shape index (κ2) is 3.93. The highest BCUT2D eigenvalue weighted by molar-refractivity contribution is 5.29. The van der Waals surface area contributed by atoms with Crippen molar-refractivity contribution < 1.29 is 4.52 Å². The van der Waals surface area contributed by atoms with Gasteiger partial charge in [-0.3, -0.25) is 9.80 Å². The van der Waals surface area contributed by atoms with Crippen LogP contribution < -0.4 is 22.1 Å². The molecular weight excluding hydrogens is 160 g/mol. The van der Waals surface area contributed by atoms with Gasteiger partial charge >= 0.3 is 0 Å². The monoisotopic (exact) mass is 172 g/mol. The quantitative estimate of drug-likeness (QED) is 0.399. The first-order valence-corrected chi connectivity index (χ1v) is 3.65. The van der Waals surface area contributed by atoms with Crippen LogP contribution in [0.1, 0.15) is 6.42 Å². The van der Waals surface area contributed by atoms with E-state index in [1.54, 1.807) is 0 Å². The molecule has 0 fully saturated rings. The molecule has 1 aromatic rings. The second-order valence-electron chi connectivity index (χ2n) is 2.39. The van der Waals surface area contributed by atoms with Gasteiger partial charge in [-0.15, -0.1) is 0 Å². The molecule has 1 rings (SSSR count). The number of nitrogens with one attached hydrogen (secondary N) is 1. The molecule has 0 radical (unpaired) electrons. The molecule has 0 atom stereocenters. The number of nitrogens with two attached hydrogens (primary N) is 2. The van der Waals surface area contributed by atoms with Crippen molar-refractivity contribution in [1.29, 1.82) is 0 Å². The molecule has 0 unspecified atom stereocenters. The Morgan fingerprint density at radius 3 is 2.92 bits per heavy atom. The van der Waals surface area contributed by atoms with E-state index in [2.05, 4.69) is 5.16 Å². The van der Waals surface area contributed by atoms with E-state index >= 15 is 0 Å². The highest BCUT2D eigenvalue weighted by Crippen LogP contribution is 2.04. The third kappa shape index (κ3) is 2.11. The number of rotatable bonds is 4. The lowest BCUT2D eigenvalue weighted by molar-refractivity contribution is 0.410. The minimum Gasteiger partial charge on any atom is -0.359 e. The zero-order valence-corrected chi connectivity index (χ0v) is 6.62. The zero-order valence-electron chi connectivity index (χ0n) is 6.62. The van der Waals surface area contributed by atoms with Gasteiger partial charge in [-0.25, -0.2) is 5.84 Å². The molecule has 0 saturated carbocycles. The lowest BCUT2D eigenvalue weighted by Gasteiger charge is -2.12. The maximum atomic E-state index is 10.6. The summed E-state index contributed by atoms with van der Waals surface area (Å²) in [6.45, 7) is 1.12. The van der Waals surface area contributed by atoms with Crippen molar-refractivity contribution in [2.45, 2.75) is 6.42 Å². The molecule has 0 amide bonds. The summed E-state index contributed by atoms with van der Waals surface area (Å²) < 4.78 is 4.75. The van der Waals surface area contributed by atoms with Gasteiger partial charge in [0.2, 0.25) is 5.88 Å². The van der Waals surface area contributed by atoms with E-state index in [0.29, 0.717) is 19.0 Å². The standard InChI is InChI=1S/C6H12N4O2/c7-2-1-3-10(8)6-4-5(11)9-12-6/h4H,1-3,7-8H2,(H,9,11). The van der Waals surface area contributed by atoms with E-state index in [9.17, 15) is 4.79 Å². The normalized spacial score (nSPS) is 10.2. The van der Waals surface area contributed by atoms with E-state index in [1.807, 2.05) is 0 Å². The highest BCUT2D eigenvalue weighted by Gasteiger charge is 2.04. The Labute approximate surface area is 69.1 Å². The number of hydrazine groups is 1. The van der Waals surface area contributed by atoms with Crippen molar-refractivity contribution in [3.05, 3.63) is 16.4 Å². The van der Waals surface area contributed by atoms with Crippen LogP contribution in [0.5, 0.6) is 0 Å². The number of aromatic amines is 1. The van der Waals surface area contributed by atoms with Gasteiger partial charge in [0.1, 0.15) is 0 Å². The van der Waals surface area contributed by atoms with E-state index in [-0.39, 0.29) is 5.56 Å². The molecule has 6 heteroatoms. The van der Waals surface area contributed by atoms with Gasteiger partial charge in [-0.1, -0.05) is 0 Å². The first-order chi connectivity index (χ1) is 5.74. The molecule has 0 saturated heterocycles. The predicted molar refractivity (Wildman–Crippen MR) is 44.5 cm³/mol. The fraction of sp³-hybridized carbons (Fsp3) is 0.500. The summed E-state index contributed by atoms with van der Waals surface area (Å²) in [6.07, 6.45) is 0.755. The van der Waals surface area contributed by atoms with Gasteiger partial charge in [0.25, 0.3) is 5.56 Å². The summed E-state index contributed by atoms with van der Waals surface area (Å²) in [5.74, 6) is 5.85. The fourth-order valence-corrected chi connectivity index (χ4v) is 0.787. The van der Waals surface area contributed by atoms with Crippen molar-refractivity contribution in [2.24, 2.45) is 11.6 Å². The van der Waals surface area contributed by atoms with Crippen LogP contribution in [-0.4, -0.2) is 18.2 Å². The van der Waals surface area contributed by atoms with Gasteiger partial charge < -0.3 is 10.3 Å². The average Bonchev–Trinajstić information content (AvgIpc) is 2.47. The summed E-state index contributed by atoms with van der Waals surface area (Å²) >= 11 is 0. The topological polar surface area (TPSA) is 101 Å². The van der Waals surface area contributed by atoms with E-state index in [4.69, 9.17) is 16.1 Å². The van der Waals surface area contributed by atoms with Crippen LogP contribution >= 0.6 is 0 Å². The molecule has 68 valence electrons. The van der Waals surface area contributed by atoms with Gasteiger partial charge in [0.15, 0.2) is 0 Å². The Hall–Kier alpha value is -1.27. The number of nitrogens with zero attached hydrogens (tertiary/aromatic N) is 1. The molecule has 0 spiro atoms. The van der Waals surface area contributed by atoms with Gasteiger partial charge in [0, 0.05) is 6.54 Å². The average molecular weight is 172 g/mol.